The molecule has 0 aliphatic carbocycles. The smallest absolute Gasteiger partial charge is 0.129 e. The number of halogens is 1. The van der Waals surface area contributed by atoms with Crippen molar-refractivity contribution in [2.75, 3.05) is 12.4 Å². The number of aromatic nitrogens is 1. The predicted molar refractivity (Wildman–Crippen MR) is 81.7 cm³/mol. The molecule has 0 amide bonds. The van der Waals surface area contributed by atoms with Crippen LogP contribution in [0.5, 0.6) is 5.75 Å². The molecule has 0 saturated heterocycles. The fourth-order valence-electron chi connectivity index (χ4n) is 1.87. The third-order valence-corrected chi connectivity index (χ3v) is 3.45. The van der Waals surface area contributed by atoms with Crippen molar-refractivity contribution in [3.8, 4) is 5.75 Å². The molecule has 0 aliphatic heterocycles. The monoisotopic (exact) mass is 320 g/mol. The van der Waals surface area contributed by atoms with E-state index in [-0.39, 0.29) is 6.04 Å². The van der Waals surface area contributed by atoms with Gasteiger partial charge in [-0.2, -0.15) is 0 Å². The van der Waals surface area contributed by atoms with Gasteiger partial charge in [-0.25, -0.2) is 4.98 Å². The van der Waals surface area contributed by atoms with Crippen LogP contribution in [0.4, 0.5) is 5.82 Å². The summed E-state index contributed by atoms with van der Waals surface area (Å²) in [6.07, 6.45) is 1.80. The number of ether oxygens (including phenoxy) is 1. The summed E-state index contributed by atoms with van der Waals surface area (Å²) in [7, 11) is 1.67. The molecule has 1 heterocycles. The Labute approximate surface area is 122 Å². The Balaban J connectivity index is 2.13. The minimum atomic E-state index is 0.193. The van der Waals surface area contributed by atoms with Crippen LogP contribution in [0, 0.1) is 6.92 Å². The van der Waals surface area contributed by atoms with E-state index in [0.717, 1.165) is 21.6 Å². The number of rotatable bonds is 4. The number of nitrogens with zero attached hydrogens (tertiary/aromatic N) is 1. The van der Waals surface area contributed by atoms with E-state index >= 15 is 0 Å². The van der Waals surface area contributed by atoms with Gasteiger partial charge in [-0.15, -0.1) is 0 Å². The van der Waals surface area contributed by atoms with Crippen molar-refractivity contribution < 1.29 is 4.74 Å². The second-order valence-corrected chi connectivity index (χ2v) is 5.37. The third-order valence-electron chi connectivity index (χ3n) is 3.01. The van der Waals surface area contributed by atoms with Gasteiger partial charge < -0.3 is 10.1 Å². The lowest BCUT2D eigenvalue weighted by atomic mass is 10.1. The van der Waals surface area contributed by atoms with Crippen LogP contribution in [0.25, 0.3) is 0 Å². The first-order valence-electron chi connectivity index (χ1n) is 6.13. The average Bonchev–Trinajstić information content (AvgIpc) is 2.42. The number of nitrogens with one attached hydrogen (secondary N) is 1. The Bertz CT molecular complexity index is 555. The van der Waals surface area contributed by atoms with Crippen LogP contribution < -0.4 is 10.1 Å². The first kappa shape index (κ1) is 13.9. The van der Waals surface area contributed by atoms with Gasteiger partial charge in [-0.1, -0.05) is 12.1 Å². The Morgan fingerprint density at radius 3 is 2.53 bits per heavy atom. The van der Waals surface area contributed by atoms with Crippen molar-refractivity contribution in [3.05, 3.63) is 52.1 Å². The van der Waals surface area contributed by atoms with Gasteiger partial charge in [0, 0.05) is 16.7 Å². The highest BCUT2D eigenvalue weighted by Crippen LogP contribution is 2.23. The molecule has 1 N–H and O–H groups in total. The molecule has 1 atom stereocenters. The van der Waals surface area contributed by atoms with E-state index in [1.807, 2.05) is 19.1 Å². The molecule has 1 unspecified atom stereocenters. The van der Waals surface area contributed by atoms with E-state index < -0.39 is 0 Å². The van der Waals surface area contributed by atoms with Crippen molar-refractivity contribution in [1.82, 2.24) is 4.98 Å². The Morgan fingerprint density at radius 1 is 1.26 bits per heavy atom. The van der Waals surface area contributed by atoms with Crippen LogP contribution in [0.2, 0.25) is 0 Å². The van der Waals surface area contributed by atoms with Crippen LogP contribution in [-0.4, -0.2) is 12.1 Å². The summed E-state index contributed by atoms with van der Waals surface area (Å²) < 4.78 is 6.15. The summed E-state index contributed by atoms with van der Waals surface area (Å²) in [6.45, 7) is 4.16. The van der Waals surface area contributed by atoms with Crippen molar-refractivity contribution in [1.29, 1.82) is 0 Å². The van der Waals surface area contributed by atoms with Gasteiger partial charge in [0.15, 0.2) is 0 Å². The van der Waals surface area contributed by atoms with Gasteiger partial charge >= 0.3 is 0 Å². The number of hydrogen-bond acceptors (Lipinski definition) is 3. The largest absolute Gasteiger partial charge is 0.497 e. The molecule has 0 aliphatic rings. The van der Waals surface area contributed by atoms with E-state index in [0.29, 0.717) is 0 Å². The molecule has 19 heavy (non-hydrogen) atoms. The zero-order valence-corrected chi connectivity index (χ0v) is 12.9. The maximum atomic E-state index is 5.16. The summed E-state index contributed by atoms with van der Waals surface area (Å²) >= 11 is 3.42. The van der Waals surface area contributed by atoms with Crippen LogP contribution >= 0.6 is 15.9 Å². The fourth-order valence-corrected chi connectivity index (χ4v) is 2.32. The summed E-state index contributed by atoms with van der Waals surface area (Å²) in [5, 5.41) is 3.42. The van der Waals surface area contributed by atoms with E-state index in [4.69, 9.17) is 4.74 Å². The Morgan fingerprint density at radius 2 is 1.95 bits per heavy atom. The minimum absolute atomic E-state index is 0.193. The maximum absolute atomic E-state index is 5.16. The van der Waals surface area contributed by atoms with Gasteiger partial charge in [0.2, 0.25) is 0 Å². The summed E-state index contributed by atoms with van der Waals surface area (Å²) in [5.41, 5.74) is 2.32. The molecule has 4 heteroatoms. The number of aryl methyl sites for hydroxylation is 1. The zero-order chi connectivity index (χ0) is 13.8. The summed E-state index contributed by atoms with van der Waals surface area (Å²) in [4.78, 5) is 4.39. The van der Waals surface area contributed by atoms with E-state index in [9.17, 15) is 0 Å². The maximum Gasteiger partial charge on any atom is 0.129 e. The fraction of sp³-hybridized carbons (Fsp3) is 0.267. The standard InChI is InChI=1S/C15H17BrN2O/c1-10-8-13(16)9-17-15(10)18-11(2)12-4-6-14(19-3)7-5-12/h4-9,11H,1-3H3,(H,17,18). The minimum Gasteiger partial charge on any atom is -0.497 e. The van der Waals surface area contributed by atoms with Crippen LogP contribution in [0.1, 0.15) is 24.1 Å². The Hall–Kier alpha value is -1.55. The molecule has 0 bridgehead atoms. The number of methoxy groups -OCH3 is 1. The van der Waals surface area contributed by atoms with Gasteiger partial charge in [0.05, 0.1) is 7.11 Å². The molecule has 2 aromatic rings. The normalized spacial score (nSPS) is 12.0. The zero-order valence-electron chi connectivity index (χ0n) is 11.3. The Kier molecular flexibility index (Phi) is 4.43. The highest BCUT2D eigenvalue weighted by molar-refractivity contribution is 9.10. The molecule has 100 valence electrons. The van der Waals surface area contributed by atoms with Crippen LogP contribution in [-0.2, 0) is 0 Å². The molecule has 3 nitrogen and oxygen atoms in total. The number of pyridine rings is 1. The van der Waals surface area contributed by atoms with Crippen LogP contribution in [0.15, 0.2) is 41.0 Å². The molecule has 2 rings (SSSR count). The lowest BCUT2D eigenvalue weighted by Crippen LogP contribution is -2.09. The molecular weight excluding hydrogens is 304 g/mol. The molecule has 0 saturated carbocycles. The third kappa shape index (κ3) is 3.47. The second kappa shape index (κ2) is 6.06. The predicted octanol–water partition coefficient (Wildman–Crippen LogP) is 4.33. The quantitative estimate of drug-likeness (QED) is 0.910. The van der Waals surface area contributed by atoms with Gasteiger partial charge in [-0.05, 0) is 59.1 Å². The first-order valence-corrected chi connectivity index (χ1v) is 6.92. The van der Waals surface area contributed by atoms with Gasteiger partial charge in [0.25, 0.3) is 0 Å². The molecule has 1 aromatic carbocycles. The molecule has 0 radical (unpaired) electrons. The lowest BCUT2D eigenvalue weighted by molar-refractivity contribution is 0.414. The number of hydrogen-bond donors (Lipinski definition) is 1. The second-order valence-electron chi connectivity index (χ2n) is 4.46. The number of anilines is 1. The lowest BCUT2D eigenvalue weighted by Gasteiger charge is -2.17. The highest BCUT2D eigenvalue weighted by atomic mass is 79.9. The van der Waals surface area contributed by atoms with Crippen molar-refractivity contribution in [3.63, 3.8) is 0 Å². The van der Waals surface area contributed by atoms with Crippen molar-refractivity contribution in [2.24, 2.45) is 0 Å². The van der Waals surface area contributed by atoms with Crippen molar-refractivity contribution in [2.45, 2.75) is 19.9 Å². The highest BCUT2D eigenvalue weighted by Gasteiger charge is 2.08. The molecule has 1 aromatic heterocycles. The molecule has 0 spiro atoms. The average molecular weight is 321 g/mol. The van der Waals surface area contributed by atoms with Gasteiger partial charge in [-0.3, -0.25) is 0 Å². The number of benzene rings is 1. The van der Waals surface area contributed by atoms with Crippen LogP contribution in [0.3, 0.4) is 0 Å². The van der Waals surface area contributed by atoms with E-state index in [1.165, 1.54) is 5.56 Å². The van der Waals surface area contributed by atoms with Gasteiger partial charge in [0.1, 0.15) is 11.6 Å². The van der Waals surface area contributed by atoms with Crippen molar-refractivity contribution >= 4 is 21.7 Å². The SMILES string of the molecule is COc1ccc(C(C)Nc2ncc(Br)cc2C)cc1. The molecular formula is C15H17BrN2O. The molecule has 0 fully saturated rings. The van der Waals surface area contributed by atoms with E-state index in [1.54, 1.807) is 13.3 Å². The summed E-state index contributed by atoms with van der Waals surface area (Å²) in [5.74, 6) is 1.78. The topological polar surface area (TPSA) is 34.1 Å². The summed E-state index contributed by atoms with van der Waals surface area (Å²) in [6, 6.07) is 10.3. The first-order chi connectivity index (χ1) is 9.10. The van der Waals surface area contributed by atoms with E-state index in [2.05, 4.69) is 51.4 Å².